The molecule has 6 nitrogen and oxygen atoms in total. The summed E-state index contributed by atoms with van der Waals surface area (Å²) in [6, 6.07) is 17.4. The van der Waals surface area contributed by atoms with E-state index in [9.17, 15) is 14.0 Å². The SMILES string of the molecule is CCOC(=O)C1=C(C)N=c2s/c(=C\c3cc(I)cc(I)c3OCc3ccccc3F)c(=O)n2[C@@H]1c1ccc(C)cc1. The Balaban J connectivity index is 1.65. The molecule has 10 heteroatoms. The number of ether oxygens (including phenoxy) is 2. The molecule has 0 unspecified atom stereocenters. The van der Waals surface area contributed by atoms with Crippen LogP contribution in [0.3, 0.4) is 0 Å². The molecule has 0 bridgehead atoms. The molecule has 3 aromatic carbocycles. The van der Waals surface area contributed by atoms with Crippen LogP contribution in [0.5, 0.6) is 5.75 Å². The summed E-state index contributed by atoms with van der Waals surface area (Å²) in [5.41, 5.74) is 3.56. The molecule has 0 N–H and O–H groups in total. The summed E-state index contributed by atoms with van der Waals surface area (Å²) in [7, 11) is 0. The molecular formula is C31H25FI2N2O4S. The van der Waals surface area contributed by atoms with Crippen LogP contribution in [-0.2, 0) is 16.1 Å². The molecule has 2 heterocycles. The summed E-state index contributed by atoms with van der Waals surface area (Å²) in [4.78, 5) is 32.3. The monoisotopic (exact) mass is 794 g/mol. The fraction of sp³-hybridized carbons (Fsp3) is 0.194. The molecule has 0 aliphatic carbocycles. The van der Waals surface area contributed by atoms with Crippen molar-refractivity contribution in [2.75, 3.05) is 6.61 Å². The zero-order valence-corrected chi connectivity index (χ0v) is 27.5. The highest BCUT2D eigenvalue weighted by atomic mass is 127. The lowest BCUT2D eigenvalue weighted by molar-refractivity contribution is -0.139. The van der Waals surface area contributed by atoms with Crippen molar-refractivity contribution in [3.8, 4) is 5.75 Å². The molecule has 0 saturated carbocycles. The van der Waals surface area contributed by atoms with Gasteiger partial charge in [0, 0.05) is 14.7 Å². The number of allylic oxidation sites excluding steroid dienone is 1. The van der Waals surface area contributed by atoms with Gasteiger partial charge in [0.25, 0.3) is 5.56 Å². The van der Waals surface area contributed by atoms with Gasteiger partial charge in [0.2, 0.25) is 0 Å². The average Bonchev–Trinajstić information content (AvgIpc) is 3.23. The van der Waals surface area contributed by atoms with E-state index < -0.39 is 12.0 Å². The lowest BCUT2D eigenvalue weighted by Crippen LogP contribution is -2.39. The molecule has 1 atom stereocenters. The minimum atomic E-state index is -0.680. The van der Waals surface area contributed by atoms with Gasteiger partial charge in [0.1, 0.15) is 18.2 Å². The first kappa shape index (κ1) is 29.6. The molecule has 0 fully saturated rings. The first-order chi connectivity index (χ1) is 19.7. The van der Waals surface area contributed by atoms with Gasteiger partial charge < -0.3 is 9.47 Å². The van der Waals surface area contributed by atoms with E-state index in [4.69, 9.17) is 9.47 Å². The van der Waals surface area contributed by atoms with E-state index in [-0.39, 0.29) is 24.6 Å². The van der Waals surface area contributed by atoms with E-state index >= 15 is 0 Å². The van der Waals surface area contributed by atoms with E-state index in [1.807, 2.05) is 43.3 Å². The van der Waals surface area contributed by atoms with E-state index in [1.54, 1.807) is 42.7 Å². The molecule has 0 amide bonds. The number of aryl methyl sites for hydroxylation is 1. The van der Waals surface area contributed by atoms with Crippen molar-refractivity contribution in [2.45, 2.75) is 33.4 Å². The Bertz CT molecular complexity index is 1860. The predicted molar refractivity (Wildman–Crippen MR) is 174 cm³/mol. The molecule has 0 spiro atoms. The second-order valence-electron chi connectivity index (χ2n) is 9.40. The minimum absolute atomic E-state index is 0.0425. The highest BCUT2D eigenvalue weighted by Crippen LogP contribution is 2.32. The van der Waals surface area contributed by atoms with Crippen LogP contribution in [0.25, 0.3) is 6.08 Å². The molecule has 1 aliphatic rings. The van der Waals surface area contributed by atoms with Crippen molar-refractivity contribution in [3.05, 3.63) is 127 Å². The number of benzene rings is 3. The molecule has 1 aliphatic heterocycles. The van der Waals surface area contributed by atoms with Gasteiger partial charge in [-0.15, -0.1) is 0 Å². The Morgan fingerprint density at radius 2 is 1.85 bits per heavy atom. The Morgan fingerprint density at radius 3 is 2.56 bits per heavy atom. The second kappa shape index (κ2) is 12.6. The molecule has 41 heavy (non-hydrogen) atoms. The van der Waals surface area contributed by atoms with Crippen molar-refractivity contribution >= 4 is 68.6 Å². The number of carbonyl (C=O) groups is 1. The van der Waals surface area contributed by atoms with Gasteiger partial charge in [-0.25, -0.2) is 14.2 Å². The Hall–Kier alpha value is -2.84. The Morgan fingerprint density at radius 1 is 1.12 bits per heavy atom. The van der Waals surface area contributed by atoms with Crippen molar-refractivity contribution in [1.82, 2.24) is 4.57 Å². The number of rotatable bonds is 7. The first-order valence-corrected chi connectivity index (χ1v) is 15.8. The highest BCUT2D eigenvalue weighted by Gasteiger charge is 2.33. The second-order valence-corrected chi connectivity index (χ2v) is 12.8. The smallest absolute Gasteiger partial charge is 0.338 e. The molecule has 0 radical (unpaired) electrons. The van der Waals surface area contributed by atoms with E-state index in [0.29, 0.717) is 37.5 Å². The fourth-order valence-electron chi connectivity index (χ4n) is 4.60. The van der Waals surface area contributed by atoms with Gasteiger partial charge >= 0.3 is 5.97 Å². The average molecular weight is 794 g/mol. The van der Waals surface area contributed by atoms with Gasteiger partial charge in [0.15, 0.2) is 4.80 Å². The third-order valence-electron chi connectivity index (χ3n) is 6.56. The lowest BCUT2D eigenvalue weighted by atomic mass is 9.95. The van der Waals surface area contributed by atoms with Crippen LogP contribution in [0.15, 0.2) is 81.7 Å². The van der Waals surface area contributed by atoms with Crippen molar-refractivity contribution in [2.24, 2.45) is 4.99 Å². The Kier molecular flexibility index (Phi) is 9.09. The quantitative estimate of drug-likeness (QED) is 0.169. The fourth-order valence-corrected chi connectivity index (χ4v) is 7.68. The van der Waals surface area contributed by atoms with Crippen LogP contribution in [0.1, 0.15) is 42.1 Å². The van der Waals surface area contributed by atoms with Crippen LogP contribution < -0.4 is 19.6 Å². The predicted octanol–water partition coefficient (Wildman–Crippen LogP) is 6.03. The lowest BCUT2D eigenvalue weighted by Gasteiger charge is -2.24. The van der Waals surface area contributed by atoms with Crippen LogP contribution >= 0.6 is 56.5 Å². The molecule has 210 valence electrons. The van der Waals surface area contributed by atoms with E-state index in [1.165, 1.54) is 17.4 Å². The van der Waals surface area contributed by atoms with Crippen LogP contribution in [0, 0.1) is 19.9 Å². The maximum atomic E-state index is 14.3. The van der Waals surface area contributed by atoms with Gasteiger partial charge in [-0.05, 0) is 95.8 Å². The summed E-state index contributed by atoms with van der Waals surface area (Å²) < 4.78 is 29.6. The van der Waals surface area contributed by atoms with Crippen LogP contribution in [0.4, 0.5) is 4.39 Å². The van der Waals surface area contributed by atoms with Crippen molar-refractivity contribution < 1.29 is 18.7 Å². The van der Waals surface area contributed by atoms with Crippen molar-refractivity contribution in [3.63, 3.8) is 0 Å². The van der Waals surface area contributed by atoms with Crippen LogP contribution in [-0.4, -0.2) is 17.1 Å². The summed E-state index contributed by atoms with van der Waals surface area (Å²) >= 11 is 5.65. The number of hydrogen-bond acceptors (Lipinski definition) is 6. The number of aromatic nitrogens is 1. The summed E-state index contributed by atoms with van der Waals surface area (Å²) in [5, 5.41) is 0. The normalized spacial score (nSPS) is 15.0. The van der Waals surface area contributed by atoms with Crippen molar-refractivity contribution in [1.29, 1.82) is 0 Å². The number of hydrogen-bond donors (Lipinski definition) is 0. The van der Waals surface area contributed by atoms with E-state index in [0.717, 1.165) is 18.3 Å². The van der Waals surface area contributed by atoms with Gasteiger partial charge in [-0.3, -0.25) is 9.36 Å². The number of nitrogens with zero attached hydrogens (tertiary/aromatic N) is 2. The third kappa shape index (κ3) is 6.19. The summed E-state index contributed by atoms with van der Waals surface area (Å²) in [6.45, 7) is 5.75. The minimum Gasteiger partial charge on any atom is -0.487 e. The van der Waals surface area contributed by atoms with Gasteiger partial charge in [-0.2, -0.15) is 0 Å². The maximum absolute atomic E-state index is 14.3. The third-order valence-corrected chi connectivity index (χ3v) is 8.97. The number of halogens is 3. The zero-order chi connectivity index (χ0) is 29.3. The number of fused-ring (bicyclic) bond motifs is 1. The van der Waals surface area contributed by atoms with Gasteiger partial charge in [0.05, 0.1) is 32.0 Å². The highest BCUT2D eigenvalue weighted by molar-refractivity contribution is 14.1. The summed E-state index contributed by atoms with van der Waals surface area (Å²) in [6.07, 6.45) is 1.78. The molecule has 0 saturated heterocycles. The van der Waals surface area contributed by atoms with E-state index in [2.05, 4.69) is 50.2 Å². The molecule has 5 rings (SSSR count). The van der Waals surface area contributed by atoms with Gasteiger partial charge in [-0.1, -0.05) is 59.4 Å². The van der Waals surface area contributed by atoms with Crippen LogP contribution in [0.2, 0.25) is 0 Å². The summed E-state index contributed by atoms with van der Waals surface area (Å²) in [5.74, 6) is -0.282. The zero-order valence-electron chi connectivity index (χ0n) is 22.4. The number of esters is 1. The number of carbonyl (C=O) groups excluding carboxylic acids is 1. The maximum Gasteiger partial charge on any atom is 0.338 e. The molecular weight excluding hydrogens is 769 g/mol. The largest absolute Gasteiger partial charge is 0.487 e. The Labute approximate surface area is 267 Å². The molecule has 4 aromatic rings. The topological polar surface area (TPSA) is 69.9 Å². The molecule has 1 aromatic heterocycles. The standard InChI is InChI=1S/C31H25FI2N2O4S/c1-4-39-30(38)26-18(3)35-31-36(27(26)19-11-9-17(2)10-12-19)29(37)25(41-31)14-21-13-22(33)15-24(34)28(21)40-16-20-7-5-6-8-23(20)32/h5-15,27H,4,16H2,1-3H3/b25-14-/t27-/m1/s1. The number of thiazole rings is 1. The first-order valence-electron chi connectivity index (χ1n) is 12.8.